The number of hydrogen-bond acceptors (Lipinski definition) is 3. The van der Waals surface area contributed by atoms with Crippen LogP contribution < -0.4 is 4.74 Å². The Balaban J connectivity index is 2.53. The molecular formula is C13H13ClF2N2O2. The van der Waals surface area contributed by atoms with Crippen LogP contribution >= 0.6 is 11.6 Å². The lowest BCUT2D eigenvalue weighted by Gasteiger charge is -2.15. The topological polar surface area (TPSA) is 47.3 Å². The van der Waals surface area contributed by atoms with Crippen molar-refractivity contribution in [2.24, 2.45) is 0 Å². The van der Waals surface area contributed by atoms with Crippen LogP contribution in [0.4, 0.5) is 8.78 Å². The van der Waals surface area contributed by atoms with Gasteiger partial charge in [-0.25, -0.2) is 8.78 Å². The Labute approximate surface area is 119 Å². The van der Waals surface area contributed by atoms with Gasteiger partial charge in [0.2, 0.25) is 0 Å². The normalized spacial score (nSPS) is 12.5. The highest BCUT2D eigenvalue weighted by Gasteiger charge is 2.24. The van der Waals surface area contributed by atoms with Crippen molar-refractivity contribution in [2.45, 2.75) is 19.6 Å². The third-order valence-corrected chi connectivity index (χ3v) is 3.25. The van der Waals surface area contributed by atoms with Gasteiger partial charge in [-0.05, 0) is 19.1 Å². The molecule has 1 heterocycles. The number of nitrogens with zero attached hydrogens (tertiary/aromatic N) is 2. The van der Waals surface area contributed by atoms with Crippen molar-refractivity contribution in [3.63, 3.8) is 0 Å². The number of aliphatic hydroxyl groups excluding tert-OH is 1. The molecule has 0 saturated carbocycles. The first kappa shape index (κ1) is 14.7. The summed E-state index contributed by atoms with van der Waals surface area (Å²) in [5, 5.41) is 14.0. The van der Waals surface area contributed by atoms with Gasteiger partial charge >= 0.3 is 0 Å². The second kappa shape index (κ2) is 5.76. The van der Waals surface area contributed by atoms with Crippen LogP contribution in [0.5, 0.6) is 5.75 Å². The number of aliphatic hydroxyl groups is 1. The third-order valence-electron chi connectivity index (χ3n) is 2.96. The first-order valence-corrected chi connectivity index (χ1v) is 6.29. The molecule has 0 fully saturated rings. The average molecular weight is 303 g/mol. The minimum absolute atomic E-state index is 0.222. The highest BCUT2D eigenvalue weighted by molar-refractivity contribution is 6.30. The van der Waals surface area contributed by atoms with Crippen molar-refractivity contribution in [1.82, 2.24) is 9.78 Å². The molecule has 0 aliphatic carbocycles. The van der Waals surface area contributed by atoms with Gasteiger partial charge in [-0.2, -0.15) is 5.10 Å². The number of aryl methyl sites for hydroxylation is 1. The number of hydrogen-bond donors (Lipinski definition) is 1. The molecule has 1 unspecified atom stereocenters. The Morgan fingerprint density at radius 2 is 2.10 bits per heavy atom. The van der Waals surface area contributed by atoms with Gasteiger partial charge in [-0.1, -0.05) is 11.6 Å². The molecule has 4 nitrogen and oxygen atoms in total. The molecule has 20 heavy (non-hydrogen) atoms. The zero-order valence-electron chi connectivity index (χ0n) is 10.9. The Bertz CT molecular complexity index is 610. The van der Waals surface area contributed by atoms with Crippen LogP contribution in [0.25, 0.3) is 0 Å². The Hall–Kier alpha value is -1.66. The molecule has 108 valence electrons. The molecule has 0 radical (unpaired) electrons. The number of methoxy groups -OCH3 is 1. The van der Waals surface area contributed by atoms with Gasteiger partial charge in [0, 0.05) is 12.1 Å². The van der Waals surface area contributed by atoms with E-state index < -0.39 is 17.7 Å². The van der Waals surface area contributed by atoms with Gasteiger partial charge in [-0.3, -0.25) is 4.68 Å². The quantitative estimate of drug-likeness (QED) is 0.883. The van der Waals surface area contributed by atoms with Gasteiger partial charge in [0.25, 0.3) is 0 Å². The molecule has 0 spiro atoms. The lowest BCUT2D eigenvalue weighted by Crippen LogP contribution is -2.12. The fourth-order valence-corrected chi connectivity index (χ4v) is 2.11. The summed E-state index contributed by atoms with van der Waals surface area (Å²) in [6.07, 6.45) is 0.00541. The lowest BCUT2D eigenvalue weighted by atomic mass is 10.0. The summed E-state index contributed by atoms with van der Waals surface area (Å²) < 4.78 is 33.9. The second-order valence-electron chi connectivity index (χ2n) is 4.10. The summed E-state index contributed by atoms with van der Waals surface area (Å²) in [5.74, 6) is -1.30. The maximum absolute atomic E-state index is 13.9. The van der Waals surface area contributed by atoms with Crippen molar-refractivity contribution in [1.29, 1.82) is 0 Å². The zero-order chi connectivity index (χ0) is 14.9. The third kappa shape index (κ3) is 2.48. The Kier molecular flexibility index (Phi) is 4.25. The van der Waals surface area contributed by atoms with Crippen molar-refractivity contribution in [3.05, 3.63) is 46.2 Å². The lowest BCUT2D eigenvalue weighted by molar-refractivity contribution is 0.197. The molecule has 0 bridgehead atoms. The van der Waals surface area contributed by atoms with E-state index in [9.17, 15) is 13.9 Å². The van der Waals surface area contributed by atoms with Crippen LogP contribution in [0.3, 0.4) is 0 Å². The van der Waals surface area contributed by atoms with Gasteiger partial charge < -0.3 is 9.84 Å². The first-order valence-electron chi connectivity index (χ1n) is 5.91. The van der Waals surface area contributed by atoms with E-state index >= 15 is 0 Å². The molecule has 2 rings (SSSR count). The fraction of sp³-hybridized carbons (Fsp3) is 0.308. The minimum Gasteiger partial charge on any atom is -0.493 e. The minimum atomic E-state index is -1.40. The van der Waals surface area contributed by atoms with Gasteiger partial charge in [0.1, 0.15) is 23.4 Å². The second-order valence-corrected chi connectivity index (χ2v) is 4.51. The summed E-state index contributed by atoms with van der Waals surface area (Å²) in [4.78, 5) is 0. The molecule has 1 aromatic carbocycles. The first-order chi connectivity index (χ1) is 9.49. The Morgan fingerprint density at radius 3 is 2.70 bits per heavy atom. The van der Waals surface area contributed by atoms with Crippen molar-refractivity contribution in [2.75, 3.05) is 7.11 Å². The summed E-state index contributed by atoms with van der Waals surface area (Å²) in [6.45, 7) is 2.26. The molecule has 7 heteroatoms. The van der Waals surface area contributed by atoms with Crippen LogP contribution in [0, 0.1) is 11.6 Å². The smallest absolute Gasteiger partial charge is 0.163 e. The van der Waals surface area contributed by atoms with Crippen LogP contribution in [0.15, 0.2) is 18.3 Å². The highest BCUT2D eigenvalue weighted by atomic mass is 35.5. The molecule has 0 aliphatic heterocycles. The van der Waals surface area contributed by atoms with E-state index in [4.69, 9.17) is 16.3 Å². The van der Waals surface area contributed by atoms with Crippen LogP contribution in [-0.2, 0) is 6.54 Å². The van der Waals surface area contributed by atoms with Crippen LogP contribution in [0.1, 0.15) is 24.3 Å². The molecule has 0 saturated heterocycles. The monoisotopic (exact) mass is 302 g/mol. The van der Waals surface area contributed by atoms with Crippen molar-refractivity contribution >= 4 is 11.6 Å². The fourth-order valence-electron chi connectivity index (χ4n) is 1.96. The number of ether oxygens (including phenoxy) is 1. The standard InChI is InChI=1S/C13H13ClF2N2O2/c1-3-18-12(11(20-2)6-17-18)13(19)7-4-10(16)8(14)5-9(7)15/h4-6,13,19H,3H2,1-2H3. The highest BCUT2D eigenvalue weighted by Crippen LogP contribution is 2.33. The summed E-state index contributed by atoms with van der Waals surface area (Å²) >= 11 is 5.49. The summed E-state index contributed by atoms with van der Waals surface area (Å²) in [5.41, 5.74) is 0.0380. The summed E-state index contributed by atoms with van der Waals surface area (Å²) in [6, 6.07) is 1.70. The molecule has 1 aromatic heterocycles. The van der Waals surface area contributed by atoms with E-state index in [1.807, 2.05) is 6.92 Å². The van der Waals surface area contributed by atoms with E-state index in [0.717, 1.165) is 12.1 Å². The van der Waals surface area contributed by atoms with Crippen molar-refractivity contribution in [3.8, 4) is 5.75 Å². The number of halogens is 3. The molecular weight excluding hydrogens is 290 g/mol. The molecule has 0 amide bonds. The largest absolute Gasteiger partial charge is 0.493 e. The predicted molar refractivity (Wildman–Crippen MR) is 69.9 cm³/mol. The maximum atomic E-state index is 13.9. The molecule has 1 atom stereocenters. The van der Waals surface area contributed by atoms with E-state index in [-0.39, 0.29) is 16.3 Å². The van der Waals surface area contributed by atoms with Crippen LogP contribution in [0.2, 0.25) is 5.02 Å². The molecule has 2 aromatic rings. The average Bonchev–Trinajstić information content (AvgIpc) is 2.85. The van der Waals surface area contributed by atoms with Gasteiger partial charge in [0.15, 0.2) is 5.75 Å². The number of benzene rings is 1. The van der Waals surface area contributed by atoms with Gasteiger partial charge in [0.05, 0.1) is 18.3 Å². The zero-order valence-corrected chi connectivity index (χ0v) is 11.7. The number of rotatable bonds is 4. The van der Waals surface area contributed by atoms with E-state index in [1.54, 1.807) is 0 Å². The predicted octanol–water partition coefficient (Wildman–Crippen LogP) is 2.92. The molecule has 1 N–H and O–H groups in total. The Morgan fingerprint density at radius 1 is 1.40 bits per heavy atom. The van der Waals surface area contributed by atoms with E-state index in [2.05, 4.69) is 5.10 Å². The van der Waals surface area contributed by atoms with E-state index in [1.165, 1.54) is 18.0 Å². The SMILES string of the molecule is CCn1ncc(OC)c1C(O)c1cc(F)c(Cl)cc1F. The van der Waals surface area contributed by atoms with Gasteiger partial charge in [-0.15, -0.1) is 0 Å². The molecule has 0 aliphatic rings. The number of aromatic nitrogens is 2. The van der Waals surface area contributed by atoms with E-state index in [0.29, 0.717) is 12.3 Å². The van der Waals surface area contributed by atoms with Crippen molar-refractivity contribution < 1.29 is 18.6 Å². The van der Waals surface area contributed by atoms with Crippen LogP contribution in [-0.4, -0.2) is 22.0 Å². The maximum Gasteiger partial charge on any atom is 0.163 e. The summed E-state index contributed by atoms with van der Waals surface area (Å²) in [7, 11) is 1.41.